The zero-order valence-corrected chi connectivity index (χ0v) is 18.1. The molecule has 0 spiro atoms. The summed E-state index contributed by atoms with van der Waals surface area (Å²) in [5.41, 5.74) is 13.7. The summed E-state index contributed by atoms with van der Waals surface area (Å²) < 4.78 is 0. The first kappa shape index (κ1) is 20.9. The molecule has 5 nitrogen and oxygen atoms in total. The molecule has 3 N–H and O–H groups in total. The average Bonchev–Trinajstić information content (AvgIpc) is 3.25. The van der Waals surface area contributed by atoms with Crippen molar-refractivity contribution in [3.63, 3.8) is 0 Å². The highest BCUT2D eigenvalue weighted by molar-refractivity contribution is 6.30. The van der Waals surface area contributed by atoms with E-state index in [4.69, 9.17) is 17.3 Å². The van der Waals surface area contributed by atoms with E-state index < -0.39 is 0 Å². The maximum absolute atomic E-state index is 9.78. The molecule has 28 heavy (non-hydrogen) atoms. The van der Waals surface area contributed by atoms with Crippen LogP contribution in [-0.4, -0.2) is 34.8 Å². The van der Waals surface area contributed by atoms with Crippen molar-refractivity contribution in [3.05, 3.63) is 44.7 Å². The third kappa shape index (κ3) is 4.11. The first-order chi connectivity index (χ1) is 13.3. The Balaban J connectivity index is 1.91. The van der Waals surface area contributed by atoms with Gasteiger partial charge in [-0.05, 0) is 63.2 Å². The summed E-state index contributed by atoms with van der Waals surface area (Å²) in [5, 5.41) is 10.1. The zero-order valence-electron chi connectivity index (χ0n) is 17.3. The van der Waals surface area contributed by atoms with E-state index in [9.17, 15) is 5.11 Å². The quantitative estimate of drug-likeness (QED) is 0.669. The van der Waals surface area contributed by atoms with Crippen LogP contribution in [0.15, 0.2) is 33.9 Å². The third-order valence-electron chi connectivity index (χ3n) is 6.02. The van der Waals surface area contributed by atoms with Crippen LogP contribution < -0.4 is 10.6 Å². The van der Waals surface area contributed by atoms with Gasteiger partial charge in [0, 0.05) is 24.6 Å². The van der Waals surface area contributed by atoms with Gasteiger partial charge in [0.1, 0.15) is 11.0 Å². The minimum absolute atomic E-state index is 0.0225. The van der Waals surface area contributed by atoms with Gasteiger partial charge in [-0.2, -0.15) is 4.98 Å². The lowest BCUT2D eigenvalue weighted by atomic mass is 9.97. The fraction of sp³-hybridized carbons (Fsp3) is 0.545. The number of nitrogens with two attached hydrogens (primary N) is 1. The number of nitrogens with zero attached hydrogens (tertiary/aromatic N) is 3. The Kier molecular flexibility index (Phi) is 6.46. The fourth-order valence-corrected chi connectivity index (χ4v) is 4.51. The number of rotatable bonds is 6. The van der Waals surface area contributed by atoms with E-state index in [1.165, 1.54) is 34.3 Å². The Morgan fingerprint density at radius 1 is 1.29 bits per heavy atom. The number of allylic oxidation sites excluding steroid dienone is 5. The summed E-state index contributed by atoms with van der Waals surface area (Å²) in [6.07, 6.45) is 6.99. The second-order valence-electron chi connectivity index (χ2n) is 7.98. The molecule has 2 heterocycles. The minimum atomic E-state index is -0.0763. The Bertz CT molecular complexity index is 856. The van der Waals surface area contributed by atoms with E-state index >= 15 is 0 Å². The second kappa shape index (κ2) is 8.66. The van der Waals surface area contributed by atoms with Gasteiger partial charge in [-0.1, -0.05) is 35.7 Å². The number of hydrogen-bond acceptors (Lipinski definition) is 5. The largest absolute Gasteiger partial charge is 0.396 e. The topological polar surface area (TPSA) is 75.3 Å². The van der Waals surface area contributed by atoms with Crippen molar-refractivity contribution in [2.45, 2.75) is 59.3 Å². The van der Waals surface area contributed by atoms with Gasteiger partial charge in [-0.25, -0.2) is 4.98 Å². The highest BCUT2D eigenvalue weighted by Crippen LogP contribution is 2.40. The molecule has 0 bridgehead atoms. The molecule has 1 aliphatic heterocycles. The van der Waals surface area contributed by atoms with Gasteiger partial charge in [0.15, 0.2) is 0 Å². The van der Waals surface area contributed by atoms with Crippen LogP contribution in [0.1, 0.15) is 64.9 Å². The predicted octanol–water partition coefficient (Wildman–Crippen LogP) is 4.78. The molecule has 1 unspecified atom stereocenters. The first-order valence-electron chi connectivity index (χ1n) is 10.1. The molecule has 1 aromatic rings. The molecule has 152 valence electrons. The van der Waals surface area contributed by atoms with Crippen LogP contribution in [0.25, 0.3) is 0 Å². The summed E-state index contributed by atoms with van der Waals surface area (Å²) in [4.78, 5) is 10.7. The van der Waals surface area contributed by atoms with Gasteiger partial charge < -0.3 is 15.7 Å². The number of aromatic nitrogens is 2. The molecule has 0 aromatic carbocycles. The predicted molar refractivity (Wildman–Crippen MR) is 117 cm³/mol. The summed E-state index contributed by atoms with van der Waals surface area (Å²) in [6.45, 7) is 10.3. The Labute approximate surface area is 173 Å². The molecule has 0 radical (unpaired) electrons. The summed E-state index contributed by atoms with van der Waals surface area (Å²) >= 11 is 6.30. The Hall–Kier alpha value is -1.85. The number of nitrogen functional groups attached to an aromatic ring is 1. The lowest BCUT2D eigenvalue weighted by Crippen LogP contribution is -2.26. The highest BCUT2D eigenvalue weighted by atomic mass is 35.5. The minimum Gasteiger partial charge on any atom is -0.396 e. The smallest absolute Gasteiger partial charge is 0.223 e. The molecule has 1 aliphatic carbocycles. The normalized spacial score (nSPS) is 20.7. The van der Waals surface area contributed by atoms with Gasteiger partial charge in [0.2, 0.25) is 5.95 Å². The second-order valence-corrected chi connectivity index (χ2v) is 8.33. The molecule has 0 fully saturated rings. The van der Waals surface area contributed by atoms with Crippen molar-refractivity contribution in [2.24, 2.45) is 0 Å². The van der Waals surface area contributed by atoms with Crippen LogP contribution in [0, 0.1) is 0 Å². The van der Waals surface area contributed by atoms with Gasteiger partial charge in [0.05, 0.1) is 6.61 Å². The SMILES string of the molecule is CC/C(C)=C/C1=C(C(/C)=C(\C)CN2CC(CO)c3c(Cl)nc(N)nc32)CCC1. The van der Waals surface area contributed by atoms with Crippen LogP contribution >= 0.6 is 11.6 Å². The van der Waals surface area contributed by atoms with Crippen molar-refractivity contribution in [1.29, 1.82) is 0 Å². The van der Waals surface area contributed by atoms with E-state index in [0.29, 0.717) is 11.7 Å². The maximum Gasteiger partial charge on any atom is 0.223 e. The lowest BCUT2D eigenvalue weighted by Gasteiger charge is -2.21. The zero-order chi connectivity index (χ0) is 20.4. The maximum atomic E-state index is 9.78. The number of hydrogen-bond donors (Lipinski definition) is 2. The summed E-state index contributed by atoms with van der Waals surface area (Å²) in [5.74, 6) is 0.852. The van der Waals surface area contributed by atoms with Crippen LogP contribution in [0.3, 0.4) is 0 Å². The number of fused-ring (bicyclic) bond motifs is 1. The Morgan fingerprint density at radius 3 is 2.71 bits per heavy atom. The molecular formula is C22H31ClN4O. The Morgan fingerprint density at radius 2 is 2.04 bits per heavy atom. The van der Waals surface area contributed by atoms with Gasteiger partial charge in [0.25, 0.3) is 0 Å². The number of aliphatic hydroxyl groups excluding tert-OH is 1. The van der Waals surface area contributed by atoms with Crippen LogP contribution in [0.5, 0.6) is 0 Å². The molecular weight excluding hydrogens is 372 g/mol. The van der Waals surface area contributed by atoms with E-state index in [1.54, 1.807) is 0 Å². The van der Waals surface area contributed by atoms with Crippen LogP contribution in [0.2, 0.25) is 5.15 Å². The monoisotopic (exact) mass is 402 g/mol. The number of halogens is 1. The number of aliphatic hydroxyl groups is 1. The van der Waals surface area contributed by atoms with Crippen molar-refractivity contribution >= 4 is 23.4 Å². The van der Waals surface area contributed by atoms with Gasteiger partial charge in [-0.3, -0.25) is 0 Å². The van der Waals surface area contributed by atoms with Crippen molar-refractivity contribution in [1.82, 2.24) is 9.97 Å². The van der Waals surface area contributed by atoms with Gasteiger partial charge in [-0.15, -0.1) is 0 Å². The van der Waals surface area contributed by atoms with Crippen molar-refractivity contribution in [3.8, 4) is 0 Å². The molecule has 1 atom stereocenters. The molecule has 6 heteroatoms. The summed E-state index contributed by atoms with van der Waals surface area (Å²) in [7, 11) is 0. The molecule has 0 amide bonds. The third-order valence-corrected chi connectivity index (χ3v) is 6.31. The van der Waals surface area contributed by atoms with E-state index in [2.05, 4.69) is 48.6 Å². The molecule has 2 aliphatic rings. The highest BCUT2D eigenvalue weighted by Gasteiger charge is 2.33. The van der Waals surface area contributed by atoms with E-state index in [1.807, 2.05) is 0 Å². The van der Waals surface area contributed by atoms with Gasteiger partial charge >= 0.3 is 0 Å². The number of anilines is 2. The first-order valence-corrected chi connectivity index (χ1v) is 10.5. The van der Waals surface area contributed by atoms with Crippen molar-refractivity contribution < 1.29 is 5.11 Å². The molecule has 1 aromatic heterocycles. The van der Waals surface area contributed by atoms with Crippen LogP contribution in [-0.2, 0) is 0 Å². The standard InChI is InChI=1S/C22H31ClN4O/c1-5-13(2)9-16-7-6-8-18(16)15(4)14(3)10-27-11-17(12-28)19-20(23)25-22(24)26-21(19)27/h9,17,28H,5-8,10-12H2,1-4H3,(H2,24,25,26)/b13-9+,15-14+. The van der Waals surface area contributed by atoms with Crippen LogP contribution in [0.4, 0.5) is 11.8 Å². The molecule has 3 rings (SSSR count). The lowest BCUT2D eigenvalue weighted by molar-refractivity contribution is 0.271. The van der Waals surface area contributed by atoms with E-state index in [0.717, 1.165) is 37.2 Å². The van der Waals surface area contributed by atoms with E-state index in [-0.39, 0.29) is 18.5 Å². The molecule has 0 saturated carbocycles. The average molecular weight is 403 g/mol. The summed E-state index contributed by atoms with van der Waals surface area (Å²) in [6, 6.07) is 0. The molecule has 0 saturated heterocycles. The van der Waals surface area contributed by atoms with Crippen molar-refractivity contribution in [2.75, 3.05) is 30.3 Å². The fourth-order valence-electron chi connectivity index (χ4n) is 4.19.